The average molecular weight is 1740 g/mol. The van der Waals surface area contributed by atoms with E-state index < -0.39 is 18.1 Å². The molecule has 24 heteroatoms. The Morgan fingerprint density at radius 2 is 0.421 bits per heavy atom. The third-order valence-corrected chi connectivity index (χ3v) is 25.0. The summed E-state index contributed by atoms with van der Waals surface area (Å²) in [7, 11) is 0. The zero-order valence-corrected chi connectivity index (χ0v) is 81.9. The SMILES string of the molecule is CC(C)(C)c1cnccc1N1CC(N)CC(C(F)(F)F)C1.CC(C)(C)c1cnccc1N1CCCC(N)C1.CC(C)(C)c1cnccc1N1CCC[C@@H](N)C1.CC(C)(C)c1cnccc1N1CCC[C@H](N)C1.CC1CC(N)CN(c2ccncc2C(C)(C)C)C1.C[C@@H]1C[C@H](N)CN(c2ccncc2C(C)(C)C)C1.C[C@H]1C[C@@H](N)CN(c2ccncc2C(C)(C)C)C1. The summed E-state index contributed by atoms with van der Waals surface area (Å²) in [6.07, 6.45) is 32.8. The monoisotopic (exact) mass is 1740 g/mol. The van der Waals surface area contributed by atoms with Gasteiger partial charge in [0.25, 0.3) is 0 Å². The van der Waals surface area contributed by atoms with Gasteiger partial charge in [0.05, 0.1) is 5.92 Å². The standard InChI is InChI=1S/C15H22F3N3.3C15H25N3.3C14H23N3/c1-14(2,3)12-7-20-5-4-13(12)21-8-10(15(16,17)18)6-11(19)9-21;3*1-11-7-12(16)10-18(9-11)14-5-6-17-8-13(14)15(2,3)4;3*1-14(2,3)12-9-16-7-6-13(12)17-8-4-5-11(15)10-17/h4-5,7,10-11H,6,8-9,19H2,1-3H3;3*5-6,8,11-12H,7,9-10,16H2,1-4H3;3*6-7,9,11H,4-5,8,10,15H2,1-3H3/t;2*11-,12+;;2*11-;/m.10.10./s1. The molecule has 0 bridgehead atoms. The Kier molecular flexibility index (Phi) is 36.7. The molecule has 7 aromatic heterocycles. The molecule has 11 atom stereocenters. The molecule has 21 nitrogen and oxygen atoms in total. The van der Waals surface area contributed by atoms with Crippen molar-refractivity contribution in [2.24, 2.45) is 63.8 Å². The second kappa shape index (κ2) is 44.7. The van der Waals surface area contributed by atoms with Crippen molar-refractivity contribution in [3.8, 4) is 0 Å². The zero-order valence-electron chi connectivity index (χ0n) is 81.9. The lowest BCUT2D eigenvalue weighted by Gasteiger charge is -2.40. The summed E-state index contributed by atoms with van der Waals surface area (Å²) < 4.78 is 39.1. The van der Waals surface area contributed by atoms with Crippen molar-refractivity contribution in [1.29, 1.82) is 0 Å². The van der Waals surface area contributed by atoms with Gasteiger partial charge < -0.3 is 74.4 Å². The van der Waals surface area contributed by atoms with Crippen molar-refractivity contribution >= 4 is 39.8 Å². The molecule has 14 rings (SSSR count). The molecule has 700 valence electrons. The lowest BCUT2D eigenvalue weighted by Crippen LogP contribution is -2.51. The number of aromatic nitrogens is 7. The summed E-state index contributed by atoms with van der Waals surface area (Å²) in [5, 5.41) is 0. The number of nitrogens with two attached hydrogens (primary N) is 7. The van der Waals surface area contributed by atoms with E-state index in [1.807, 2.05) is 95.1 Å². The van der Waals surface area contributed by atoms with Crippen LogP contribution in [0.5, 0.6) is 0 Å². The average Bonchev–Trinajstić information content (AvgIpc) is 0.812. The molecule has 0 aromatic carbocycles. The fraction of sp³-hybridized carbons (Fsp3) is 0.657. The maximum absolute atomic E-state index is 13.0. The highest BCUT2D eigenvalue weighted by Crippen LogP contribution is 2.42. The lowest BCUT2D eigenvalue weighted by molar-refractivity contribution is -0.177. The van der Waals surface area contributed by atoms with Gasteiger partial charge in [0.15, 0.2) is 0 Å². The summed E-state index contributed by atoms with van der Waals surface area (Å²) in [5.74, 6) is 0.612. The molecule has 7 saturated heterocycles. The van der Waals surface area contributed by atoms with E-state index in [1.165, 1.54) is 86.8 Å². The van der Waals surface area contributed by atoms with Crippen molar-refractivity contribution in [2.45, 2.75) is 317 Å². The van der Waals surface area contributed by atoms with E-state index in [4.69, 9.17) is 40.1 Å². The molecule has 7 aliphatic rings. The van der Waals surface area contributed by atoms with Crippen LogP contribution < -0.4 is 74.4 Å². The summed E-state index contributed by atoms with van der Waals surface area (Å²) in [5.41, 5.74) is 60.5. The normalized spacial score (nSPS) is 23.6. The Bertz CT molecular complexity index is 4030. The Balaban J connectivity index is 0.000000182. The summed E-state index contributed by atoms with van der Waals surface area (Å²) in [4.78, 5) is 46.1. The third-order valence-electron chi connectivity index (χ3n) is 25.0. The van der Waals surface area contributed by atoms with Gasteiger partial charge in [-0.1, -0.05) is 166 Å². The van der Waals surface area contributed by atoms with E-state index in [1.54, 1.807) is 23.4 Å². The second-order valence-corrected chi connectivity index (χ2v) is 44.7. The molecule has 0 saturated carbocycles. The van der Waals surface area contributed by atoms with Crippen molar-refractivity contribution in [1.82, 2.24) is 34.9 Å². The van der Waals surface area contributed by atoms with Crippen LogP contribution >= 0.6 is 0 Å². The first-order valence-electron chi connectivity index (χ1n) is 46.9. The number of hydrogen-bond donors (Lipinski definition) is 7. The van der Waals surface area contributed by atoms with Gasteiger partial charge in [-0.15, -0.1) is 0 Å². The molecule has 5 unspecified atom stereocenters. The van der Waals surface area contributed by atoms with Gasteiger partial charge >= 0.3 is 6.18 Å². The van der Waals surface area contributed by atoms with Crippen LogP contribution in [0.4, 0.5) is 53.0 Å². The molecule has 0 spiro atoms. The van der Waals surface area contributed by atoms with Crippen LogP contribution in [-0.4, -0.2) is 175 Å². The van der Waals surface area contributed by atoms with E-state index in [0.29, 0.717) is 42.4 Å². The van der Waals surface area contributed by atoms with Crippen molar-refractivity contribution in [2.75, 3.05) is 126 Å². The number of piperidine rings is 7. The first kappa shape index (κ1) is 104. The molecule has 0 amide bonds. The molecular formula is C102H166F3N21. The third kappa shape index (κ3) is 30.9. The predicted molar refractivity (Wildman–Crippen MR) is 525 cm³/mol. The smallest absolute Gasteiger partial charge is 0.370 e. The van der Waals surface area contributed by atoms with E-state index in [2.05, 4.69) is 246 Å². The Morgan fingerprint density at radius 1 is 0.246 bits per heavy atom. The van der Waals surface area contributed by atoms with Gasteiger partial charge in [-0.05, 0) is 201 Å². The molecule has 0 aliphatic carbocycles. The van der Waals surface area contributed by atoms with E-state index in [-0.39, 0.29) is 69.0 Å². The van der Waals surface area contributed by atoms with E-state index >= 15 is 0 Å². The van der Waals surface area contributed by atoms with E-state index in [0.717, 1.165) is 128 Å². The summed E-state index contributed by atoms with van der Waals surface area (Å²) in [6, 6.07) is 15.9. The number of halogens is 3. The molecular weight excluding hydrogens is 1580 g/mol. The minimum absolute atomic E-state index is 0.00403. The van der Waals surface area contributed by atoms with Gasteiger partial charge in [0.2, 0.25) is 0 Å². The fourth-order valence-electron chi connectivity index (χ4n) is 18.7. The molecule has 14 N–H and O–H groups in total. The lowest BCUT2D eigenvalue weighted by atomic mass is 9.85. The van der Waals surface area contributed by atoms with Crippen LogP contribution in [0.15, 0.2) is 129 Å². The summed E-state index contributed by atoms with van der Waals surface area (Å²) in [6.45, 7) is 66.0. The molecule has 7 aliphatic heterocycles. The number of alkyl halides is 3. The van der Waals surface area contributed by atoms with Gasteiger partial charge in [-0.25, -0.2) is 0 Å². The Morgan fingerprint density at radius 3 is 0.595 bits per heavy atom. The van der Waals surface area contributed by atoms with Gasteiger partial charge in [0, 0.05) is 260 Å². The van der Waals surface area contributed by atoms with Crippen molar-refractivity contribution in [3.63, 3.8) is 0 Å². The Labute approximate surface area is 758 Å². The highest BCUT2D eigenvalue weighted by atomic mass is 19.4. The largest absolute Gasteiger partial charge is 0.393 e. The Hall–Kier alpha value is -7.84. The van der Waals surface area contributed by atoms with Gasteiger partial charge in [0.1, 0.15) is 0 Å². The van der Waals surface area contributed by atoms with Crippen LogP contribution in [-0.2, 0) is 37.9 Å². The first-order chi connectivity index (χ1) is 58.7. The van der Waals surface area contributed by atoms with Crippen LogP contribution in [0.2, 0.25) is 0 Å². The molecule has 7 aromatic rings. The predicted octanol–water partition coefficient (Wildman–Crippen LogP) is 17.7. The number of pyridine rings is 7. The minimum atomic E-state index is -4.20. The topological polar surface area (TPSA) is 295 Å². The molecule has 126 heavy (non-hydrogen) atoms. The van der Waals surface area contributed by atoms with Gasteiger partial charge in [-0.3, -0.25) is 34.9 Å². The molecule has 0 radical (unpaired) electrons. The van der Waals surface area contributed by atoms with Crippen LogP contribution in [0.25, 0.3) is 0 Å². The quantitative estimate of drug-likeness (QED) is 0.0780. The van der Waals surface area contributed by atoms with Crippen LogP contribution in [0.1, 0.15) is 269 Å². The molecule has 7 fully saturated rings. The van der Waals surface area contributed by atoms with Gasteiger partial charge in [-0.2, -0.15) is 13.2 Å². The number of rotatable bonds is 7. The molecule has 14 heterocycles. The van der Waals surface area contributed by atoms with Crippen molar-refractivity contribution in [3.05, 3.63) is 168 Å². The highest BCUT2D eigenvalue weighted by molar-refractivity contribution is 5.61. The van der Waals surface area contributed by atoms with Crippen molar-refractivity contribution < 1.29 is 13.2 Å². The fourth-order valence-corrected chi connectivity index (χ4v) is 18.7. The maximum atomic E-state index is 13.0. The number of nitrogens with zero attached hydrogens (tertiary/aromatic N) is 14. The summed E-state index contributed by atoms with van der Waals surface area (Å²) >= 11 is 0. The van der Waals surface area contributed by atoms with E-state index in [9.17, 15) is 13.2 Å². The second-order valence-electron chi connectivity index (χ2n) is 44.7. The van der Waals surface area contributed by atoms with Crippen LogP contribution in [0, 0.1) is 23.7 Å². The highest BCUT2D eigenvalue weighted by Gasteiger charge is 2.45. The number of hydrogen-bond acceptors (Lipinski definition) is 21. The first-order valence-corrected chi connectivity index (χ1v) is 46.9. The maximum Gasteiger partial charge on any atom is 0.393 e. The zero-order chi connectivity index (χ0) is 93.2. The number of anilines is 7. The van der Waals surface area contributed by atoms with Crippen LogP contribution in [0.3, 0.4) is 0 Å². The minimum Gasteiger partial charge on any atom is -0.370 e.